The quantitative estimate of drug-likeness (QED) is 0.644. The second-order valence-electron chi connectivity index (χ2n) is 3.55. The number of carboxylic acids is 1. The molecule has 0 bridgehead atoms. The molecule has 0 radical (unpaired) electrons. The molecule has 0 amide bonds. The number of ether oxygens (including phenoxy) is 2. The zero-order valence-electron chi connectivity index (χ0n) is 9.15. The van der Waals surface area contributed by atoms with Crippen molar-refractivity contribution in [2.75, 3.05) is 39.5 Å². The molecular formula is C10H19NO4. The smallest absolute Gasteiger partial charge is 0.334 e. The summed E-state index contributed by atoms with van der Waals surface area (Å²) in [6.45, 7) is 6.14. The van der Waals surface area contributed by atoms with Crippen LogP contribution in [-0.2, 0) is 14.3 Å². The molecule has 0 aliphatic carbocycles. The molecule has 5 nitrogen and oxygen atoms in total. The molecule has 1 atom stereocenters. The Hall–Kier alpha value is -0.650. The molecule has 0 aromatic heterocycles. The molecule has 1 heterocycles. The van der Waals surface area contributed by atoms with E-state index in [1.165, 1.54) is 0 Å². The third-order valence-electron chi connectivity index (χ3n) is 2.39. The first-order chi connectivity index (χ1) is 7.24. The number of hydrogen-bond acceptors (Lipinski definition) is 4. The second kappa shape index (κ2) is 6.76. The Morgan fingerprint density at radius 2 is 2.47 bits per heavy atom. The molecule has 88 valence electrons. The van der Waals surface area contributed by atoms with E-state index in [2.05, 4.69) is 4.90 Å². The third-order valence-corrected chi connectivity index (χ3v) is 2.39. The van der Waals surface area contributed by atoms with Gasteiger partial charge < -0.3 is 14.6 Å². The van der Waals surface area contributed by atoms with Gasteiger partial charge in [0.2, 0.25) is 0 Å². The minimum absolute atomic E-state index is 0.488. The highest BCUT2D eigenvalue weighted by Crippen LogP contribution is 2.05. The summed E-state index contributed by atoms with van der Waals surface area (Å²) >= 11 is 0. The standard InChI is InChI=1S/C10H19NO4/c1-2-14-6-3-4-11-5-7-15-9(8-11)10(12)13/h9H,2-8H2,1H3,(H,12,13). The van der Waals surface area contributed by atoms with Gasteiger partial charge in [0.05, 0.1) is 6.61 Å². The van der Waals surface area contributed by atoms with E-state index in [0.717, 1.165) is 32.7 Å². The number of carbonyl (C=O) groups is 1. The molecule has 0 aromatic rings. The van der Waals surface area contributed by atoms with Crippen LogP contribution in [0.25, 0.3) is 0 Å². The van der Waals surface area contributed by atoms with Gasteiger partial charge in [0, 0.05) is 32.8 Å². The highest BCUT2D eigenvalue weighted by Gasteiger charge is 2.25. The van der Waals surface area contributed by atoms with E-state index in [0.29, 0.717) is 13.2 Å². The van der Waals surface area contributed by atoms with Crippen LogP contribution in [0.2, 0.25) is 0 Å². The Kier molecular flexibility index (Phi) is 5.60. The minimum atomic E-state index is -0.871. The lowest BCUT2D eigenvalue weighted by atomic mass is 10.2. The van der Waals surface area contributed by atoms with Gasteiger partial charge >= 0.3 is 5.97 Å². The molecule has 0 spiro atoms. The van der Waals surface area contributed by atoms with Crippen LogP contribution in [0.3, 0.4) is 0 Å². The van der Waals surface area contributed by atoms with Gasteiger partial charge in [0.15, 0.2) is 6.10 Å². The maximum atomic E-state index is 10.7. The van der Waals surface area contributed by atoms with Crippen LogP contribution in [0.4, 0.5) is 0 Å². The molecule has 1 unspecified atom stereocenters. The number of aliphatic carboxylic acids is 1. The molecule has 15 heavy (non-hydrogen) atoms. The minimum Gasteiger partial charge on any atom is -0.479 e. The number of carboxylic acid groups (broad SMARTS) is 1. The number of morpholine rings is 1. The summed E-state index contributed by atoms with van der Waals surface area (Å²) in [5.41, 5.74) is 0. The Labute approximate surface area is 90.0 Å². The van der Waals surface area contributed by atoms with Crippen molar-refractivity contribution in [2.45, 2.75) is 19.4 Å². The van der Waals surface area contributed by atoms with Crippen LogP contribution >= 0.6 is 0 Å². The molecule has 0 aromatic carbocycles. The van der Waals surface area contributed by atoms with Crippen LogP contribution in [0.1, 0.15) is 13.3 Å². The first-order valence-corrected chi connectivity index (χ1v) is 5.38. The summed E-state index contributed by atoms with van der Waals surface area (Å²) in [7, 11) is 0. The van der Waals surface area contributed by atoms with Crippen molar-refractivity contribution < 1.29 is 19.4 Å². The van der Waals surface area contributed by atoms with E-state index in [-0.39, 0.29) is 0 Å². The Balaban J connectivity index is 2.15. The van der Waals surface area contributed by atoms with E-state index in [4.69, 9.17) is 14.6 Å². The maximum absolute atomic E-state index is 10.7. The molecular weight excluding hydrogens is 198 g/mol. The topological polar surface area (TPSA) is 59.0 Å². The van der Waals surface area contributed by atoms with Crippen LogP contribution in [0.5, 0.6) is 0 Å². The molecule has 1 aliphatic heterocycles. The van der Waals surface area contributed by atoms with Crippen LogP contribution in [0, 0.1) is 0 Å². The first kappa shape index (κ1) is 12.4. The third kappa shape index (κ3) is 4.59. The second-order valence-corrected chi connectivity index (χ2v) is 3.55. The lowest BCUT2D eigenvalue weighted by molar-refractivity contribution is -0.156. The Morgan fingerprint density at radius 1 is 1.67 bits per heavy atom. The lowest BCUT2D eigenvalue weighted by Gasteiger charge is -2.30. The first-order valence-electron chi connectivity index (χ1n) is 5.38. The summed E-state index contributed by atoms with van der Waals surface area (Å²) < 4.78 is 10.3. The molecule has 5 heteroatoms. The zero-order chi connectivity index (χ0) is 11.1. The van der Waals surface area contributed by atoms with Gasteiger partial charge in [-0.25, -0.2) is 4.79 Å². The van der Waals surface area contributed by atoms with Gasteiger partial charge in [0.25, 0.3) is 0 Å². The van der Waals surface area contributed by atoms with Gasteiger partial charge in [-0.15, -0.1) is 0 Å². The van der Waals surface area contributed by atoms with Crippen LogP contribution < -0.4 is 0 Å². The van der Waals surface area contributed by atoms with Crippen molar-refractivity contribution in [1.82, 2.24) is 4.90 Å². The van der Waals surface area contributed by atoms with Crippen molar-refractivity contribution in [2.24, 2.45) is 0 Å². The van der Waals surface area contributed by atoms with Crippen molar-refractivity contribution >= 4 is 5.97 Å². The van der Waals surface area contributed by atoms with Crippen molar-refractivity contribution in [1.29, 1.82) is 0 Å². The molecule has 1 fully saturated rings. The number of nitrogens with zero attached hydrogens (tertiary/aromatic N) is 1. The highest BCUT2D eigenvalue weighted by molar-refractivity contribution is 5.72. The van der Waals surface area contributed by atoms with E-state index < -0.39 is 12.1 Å². The molecule has 1 saturated heterocycles. The fourth-order valence-corrected chi connectivity index (χ4v) is 1.59. The van der Waals surface area contributed by atoms with Gasteiger partial charge in [-0.2, -0.15) is 0 Å². The summed E-state index contributed by atoms with van der Waals surface area (Å²) in [5.74, 6) is -0.871. The maximum Gasteiger partial charge on any atom is 0.334 e. The highest BCUT2D eigenvalue weighted by atomic mass is 16.5. The van der Waals surface area contributed by atoms with Crippen molar-refractivity contribution in [3.63, 3.8) is 0 Å². The van der Waals surface area contributed by atoms with Gasteiger partial charge in [-0.05, 0) is 13.3 Å². The SMILES string of the molecule is CCOCCCN1CCOC(C(=O)O)C1. The van der Waals surface area contributed by atoms with Crippen LogP contribution in [-0.4, -0.2) is 61.5 Å². The van der Waals surface area contributed by atoms with E-state index >= 15 is 0 Å². The summed E-state index contributed by atoms with van der Waals surface area (Å²) in [6.07, 6.45) is 0.283. The fourth-order valence-electron chi connectivity index (χ4n) is 1.59. The van der Waals surface area contributed by atoms with Crippen LogP contribution in [0.15, 0.2) is 0 Å². The summed E-state index contributed by atoms with van der Waals surface area (Å²) in [5, 5.41) is 8.79. The monoisotopic (exact) mass is 217 g/mol. The number of rotatable bonds is 6. The van der Waals surface area contributed by atoms with E-state index in [1.807, 2.05) is 6.92 Å². The normalized spacial score (nSPS) is 22.9. The predicted octanol–water partition coefficient (Wildman–Crippen LogP) is 0.198. The van der Waals surface area contributed by atoms with Gasteiger partial charge in [0.1, 0.15) is 0 Å². The largest absolute Gasteiger partial charge is 0.479 e. The fraction of sp³-hybridized carbons (Fsp3) is 0.900. The Morgan fingerprint density at radius 3 is 3.13 bits per heavy atom. The van der Waals surface area contributed by atoms with Gasteiger partial charge in [-0.1, -0.05) is 0 Å². The van der Waals surface area contributed by atoms with Crippen molar-refractivity contribution in [3.05, 3.63) is 0 Å². The summed E-state index contributed by atoms with van der Waals surface area (Å²) in [6, 6.07) is 0. The molecule has 0 saturated carbocycles. The van der Waals surface area contributed by atoms with Gasteiger partial charge in [-0.3, -0.25) is 4.90 Å². The average molecular weight is 217 g/mol. The lowest BCUT2D eigenvalue weighted by Crippen LogP contribution is -2.46. The number of hydrogen-bond donors (Lipinski definition) is 1. The molecule has 1 rings (SSSR count). The molecule has 1 aliphatic rings. The predicted molar refractivity (Wildman–Crippen MR) is 54.9 cm³/mol. The Bertz CT molecular complexity index is 198. The molecule has 1 N–H and O–H groups in total. The summed E-state index contributed by atoms with van der Waals surface area (Å²) in [4.78, 5) is 12.8. The zero-order valence-corrected chi connectivity index (χ0v) is 9.15. The van der Waals surface area contributed by atoms with E-state index in [1.54, 1.807) is 0 Å². The van der Waals surface area contributed by atoms with E-state index in [9.17, 15) is 4.79 Å². The average Bonchev–Trinajstić information content (AvgIpc) is 2.25. The van der Waals surface area contributed by atoms with Crippen molar-refractivity contribution in [3.8, 4) is 0 Å².